The monoisotopic (exact) mass is 300 g/mol. The average Bonchev–Trinajstić information content (AvgIpc) is 3.08. The van der Waals surface area contributed by atoms with E-state index in [0.29, 0.717) is 18.5 Å². The normalized spacial score (nSPS) is 22.3. The van der Waals surface area contributed by atoms with Crippen LogP contribution in [-0.4, -0.2) is 32.4 Å². The maximum Gasteiger partial charge on any atom is 0.266 e. The van der Waals surface area contributed by atoms with Crippen molar-refractivity contribution in [1.29, 1.82) is 0 Å². The molecular weight excluding hydrogens is 280 g/mol. The molecule has 2 fully saturated rings. The summed E-state index contributed by atoms with van der Waals surface area (Å²) in [5.74, 6) is 1.44. The van der Waals surface area contributed by atoms with Gasteiger partial charge in [0, 0.05) is 24.1 Å². The van der Waals surface area contributed by atoms with Crippen molar-refractivity contribution in [2.45, 2.75) is 50.7 Å². The summed E-state index contributed by atoms with van der Waals surface area (Å²) >= 11 is 0. The van der Waals surface area contributed by atoms with Crippen molar-refractivity contribution in [3.8, 4) is 0 Å². The van der Waals surface area contributed by atoms with Gasteiger partial charge >= 0.3 is 0 Å². The zero-order valence-electron chi connectivity index (χ0n) is 12.5. The molecule has 2 aromatic rings. The zero-order chi connectivity index (χ0) is 14.9. The fourth-order valence-corrected chi connectivity index (χ4v) is 3.23. The van der Waals surface area contributed by atoms with Gasteiger partial charge < -0.3 is 4.52 Å². The fraction of sp³-hybridized carbons (Fsp3) is 0.562. The molecule has 0 amide bonds. The summed E-state index contributed by atoms with van der Waals surface area (Å²) in [4.78, 5) is 14.4. The Balaban J connectivity index is 1.49. The first-order valence-corrected chi connectivity index (χ1v) is 8.01. The van der Waals surface area contributed by atoms with Crippen molar-refractivity contribution in [2.24, 2.45) is 0 Å². The molecular formula is C16H20N4O2. The number of likely N-dealkylation sites (tertiary alicyclic amines) is 1. The second-order valence-electron chi connectivity index (χ2n) is 6.30. The molecule has 1 aliphatic carbocycles. The van der Waals surface area contributed by atoms with Gasteiger partial charge in [0.2, 0.25) is 0 Å². The fourth-order valence-electron chi connectivity index (χ4n) is 3.23. The topological polar surface area (TPSA) is 64.2 Å². The van der Waals surface area contributed by atoms with Gasteiger partial charge in [-0.2, -0.15) is 5.10 Å². The van der Waals surface area contributed by atoms with Crippen molar-refractivity contribution >= 4 is 0 Å². The third-order valence-corrected chi connectivity index (χ3v) is 4.62. The minimum Gasteiger partial charge on any atom is -0.360 e. The average molecular weight is 300 g/mol. The van der Waals surface area contributed by atoms with Crippen molar-refractivity contribution in [3.05, 3.63) is 46.2 Å². The minimum absolute atomic E-state index is 0.00378. The van der Waals surface area contributed by atoms with E-state index in [9.17, 15) is 4.79 Å². The quantitative estimate of drug-likeness (QED) is 0.842. The van der Waals surface area contributed by atoms with E-state index in [4.69, 9.17) is 4.52 Å². The first kappa shape index (κ1) is 13.7. The van der Waals surface area contributed by atoms with Crippen LogP contribution in [0.2, 0.25) is 0 Å². The summed E-state index contributed by atoms with van der Waals surface area (Å²) in [5.41, 5.74) is 1.07. The maximum atomic E-state index is 12.1. The lowest BCUT2D eigenvalue weighted by atomic mass is 10.2. The SMILES string of the molecule is O=c1ccc(C2CC2)nn1CC1CCCN1Cc1ccno1. The number of rotatable bonds is 5. The van der Waals surface area contributed by atoms with Crippen LogP contribution in [0, 0.1) is 0 Å². The van der Waals surface area contributed by atoms with E-state index < -0.39 is 0 Å². The Hall–Kier alpha value is -1.95. The lowest BCUT2D eigenvalue weighted by molar-refractivity contribution is 0.193. The Bertz CT molecular complexity index is 690. The molecule has 4 rings (SSSR count). The molecule has 22 heavy (non-hydrogen) atoms. The maximum absolute atomic E-state index is 12.1. The summed E-state index contributed by atoms with van der Waals surface area (Å²) in [6, 6.07) is 5.78. The van der Waals surface area contributed by atoms with Gasteiger partial charge in [0.1, 0.15) is 0 Å². The molecule has 1 saturated heterocycles. The predicted octanol–water partition coefficient (Wildman–Crippen LogP) is 1.77. The molecule has 6 nitrogen and oxygen atoms in total. The van der Waals surface area contributed by atoms with Crippen LogP contribution in [0.15, 0.2) is 33.7 Å². The highest BCUT2D eigenvalue weighted by Crippen LogP contribution is 2.38. The highest BCUT2D eigenvalue weighted by Gasteiger charge is 2.28. The van der Waals surface area contributed by atoms with E-state index in [-0.39, 0.29) is 5.56 Å². The Morgan fingerprint density at radius 2 is 2.14 bits per heavy atom. The molecule has 1 unspecified atom stereocenters. The van der Waals surface area contributed by atoms with Gasteiger partial charge in [-0.25, -0.2) is 4.68 Å². The summed E-state index contributed by atoms with van der Waals surface area (Å²) in [6.07, 6.45) is 6.32. The van der Waals surface area contributed by atoms with Crippen molar-refractivity contribution in [3.63, 3.8) is 0 Å². The van der Waals surface area contributed by atoms with E-state index in [0.717, 1.165) is 37.4 Å². The second-order valence-corrected chi connectivity index (χ2v) is 6.30. The Morgan fingerprint density at radius 1 is 1.23 bits per heavy atom. The van der Waals surface area contributed by atoms with Crippen molar-refractivity contribution in [1.82, 2.24) is 19.8 Å². The van der Waals surface area contributed by atoms with Gasteiger partial charge in [0.15, 0.2) is 5.76 Å². The molecule has 1 aliphatic heterocycles. The third-order valence-electron chi connectivity index (χ3n) is 4.62. The highest BCUT2D eigenvalue weighted by molar-refractivity contribution is 5.12. The number of hydrogen-bond donors (Lipinski definition) is 0. The standard InChI is InChI=1S/C16H20N4O2/c21-16-6-5-15(12-3-4-12)18-20(16)10-13-2-1-9-19(13)11-14-7-8-17-22-14/h5-8,12-13H,1-4,9-11H2. The number of aromatic nitrogens is 3. The summed E-state index contributed by atoms with van der Waals surface area (Å²) in [6.45, 7) is 2.44. The van der Waals surface area contributed by atoms with Crippen LogP contribution in [0.1, 0.15) is 43.1 Å². The van der Waals surface area contributed by atoms with Crippen LogP contribution in [0.5, 0.6) is 0 Å². The van der Waals surface area contributed by atoms with Gasteiger partial charge in [-0.1, -0.05) is 5.16 Å². The molecule has 0 bridgehead atoms. The molecule has 0 radical (unpaired) electrons. The third kappa shape index (κ3) is 2.83. The number of hydrogen-bond acceptors (Lipinski definition) is 5. The van der Waals surface area contributed by atoms with Crippen LogP contribution >= 0.6 is 0 Å². The van der Waals surface area contributed by atoms with Gasteiger partial charge in [0.05, 0.1) is 25.0 Å². The van der Waals surface area contributed by atoms with Gasteiger partial charge in [-0.15, -0.1) is 0 Å². The van der Waals surface area contributed by atoms with Gasteiger partial charge in [-0.3, -0.25) is 9.69 Å². The second kappa shape index (κ2) is 5.68. The molecule has 1 atom stereocenters. The first-order chi connectivity index (χ1) is 10.8. The zero-order valence-corrected chi connectivity index (χ0v) is 12.5. The Morgan fingerprint density at radius 3 is 2.91 bits per heavy atom. The molecule has 6 heteroatoms. The minimum atomic E-state index is -0.00378. The molecule has 116 valence electrons. The van der Waals surface area contributed by atoms with E-state index in [1.54, 1.807) is 16.9 Å². The van der Waals surface area contributed by atoms with E-state index in [1.807, 2.05) is 12.1 Å². The lowest BCUT2D eigenvalue weighted by Crippen LogP contribution is -2.36. The Kier molecular flexibility index (Phi) is 3.54. The summed E-state index contributed by atoms with van der Waals surface area (Å²) in [5, 5.41) is 8.33. The first-order valence-electron chi connectivity index (χ1n) is 8.01. The smallest absolute Gasteiger partial charge is 0.266 e. The Labute approximate surface area is 128 Å². The predicted molar refractivity (Wildman–Crippen MR) is 80.4 cm³/mol. The molecule has 1 saturated carbocycles. The van der Waals surface area contributed by atoms with E-state index in [2.05, 4.69) is 15.2 Å². The van der Waals surface area contributed by atoms with Crippen LogP contribution in [0.4, 0.5) is 0 Å². The van der Waals surface area contributed by atoms with Crippen molar-refractivity contribution < 1.29 is 4.52 Å². The van der Waals surface area contributed by atoms with Crippen LogP contribution in [0.25, 0.3) is 0 Å². The largest absolute Gasteiger partial charge is 0.360 e. The highest BCUT2D eigenvalue weighted by atomic mass is 16.5. The summed E-state index contributed by atoms with van der Waals surface area (Å²) in [7, 11) is 0. The molecule has 0 N–H and O–H groups in total. The lowest BCUT2D eigenvalue weighted by Gasteiger charge is -2.23. The van der Waals surface area contributed by atoms with Crippen LogP contribution in [0.3, 0.4) is 0 Å². The molecule has 2 aromatic heterocycles. The molecule has 0 aromatic carbocycles. The van der Waals surface area contributed by atoms with Crippen LogP contribution < -0.4 is 5.56 Å². The summed E-state index contributed by atoms with van der Waals surface area (Å²) < 4.78 is 6.85. The van der Waals surface area contributed by atoms with Crippen LogP contribution in [-0.2, 0) is 13.1 Å². The molecule has 0 spiro atoms. The molecule has 2 aliphatic rings. The molecule has 3 heterocycles. The number of nitrogens with zero attached hydrogens (tertiary/aromatic N) is 4. The van der Waals surface area contributed by atoms with Gasteiger partial charge in [-0.05, 0) is 38.3 Å². The van der Waals surface area contributed by atoms with E-state index >= 15 is 0 Å². The van der Waals surface area contributed by atoms with E-state index in [1.165, 1.54) is 12.8 Å². The van der Waals surface area contributed by atoms with Crippen molar-refractivity contribution in [2.75, 3.05) is 6.54 Å². The van der Waals surface area contributed by atoms with Gasteiger partial charge in [0.25, 0.3) is 5.56 Å².